The first kappa shape index (κ1) is 15.6. The third kappa shape index (κ3) is 3.85. The van der Waals surface area contributed by atoms with E-state index in [1.54, 1.807) is 12.1 Å². The quantitative estimate of drug-likeness (QED) is 0.831. The number of nitrogens with zero attached hydrogens (tertiary/aromatic N) is 3. The van der Waals surface area contributed by atoms with Gasteiger partial charge in [-0.05, 0) is 24.3 Å². The van der Waals surface area contributed by atoms with Crippen molar-refractivity contribution in [1.82, 2.24) is 9.97 Å². The van der Waals surface area contributed by atoms with Crippen molar-refractivity contribution >= 4 is 11.6 Å². The van der Waals surface area contributed by atoms with Crippen molar-refractivity contribution in [2.45, 2.75) is 6.18 Å². The van der Waals surface area contributed by atoms with Crippen LogP contribution in [0.15, 0.2) is 36.7 Å². The van der Waals surface area contributed by atoms with Crippen LogP contribution < -0.4 is 10.6 Å². The van der Waals surface area contributed by atoms with E-state index < -0.39 is 11.7 Å². The van der Waals surface area contributed by atoms with Crippen LogP contribution in [0.2, 0.25) is 0 Å². The Hall–Kier alpha value is -2.82. The predicted molar refractivity (Wildman–Crippen MR) is 75.2 cm³/mol. The van der Waals surface area contributed by atoms with E-state index in [1.165, 1.54) is 18.5 Å². The van der Waals surface area contributed by atoms with E-state index in [1.807, 2.05) is 6.07 Å². The van der Waals surface area contributed by atoms with Crippen LogP contribution in [0.3, 0.4) is 0 Å². The molecule has 2 rings (SSSR count). The van der Waals surface area contributed by atoms with Crippen molar-refractivity contribution in [3.8, 4) is 6.07 Å². The van der Waals surface area contributed by atoms with Crippen LogP contribution >= 0.6 is 0 Å². The number of aromatic nitrogens is 2. The monoisotopic (exact) mass is 307 g/mol. The molecule has 2 aromatic rings. The first-order valence-electron chi connectivity index (χ1n) is 6.37. The van der Waals surface area contributed by atoms with Gasteiger partial charge in [0.1, 0.15) is 17.7 Å². The summed E-state index contributed by atoms with van der Waals surface area (Å²) in [4.78, 5) is 7.69. The van der Waals surface area contributed by atoms with Crippen molar-refractivity contribution in [1.29, 1.82) is 5.26 Å². The number of pyridine rings is 2. The molecule has 0 atom stereocenters. The molecule has 2 N–H and O–H groups in total. The Labute approximate surface area is 124 Å². The second kappa shape index (κ2) is 6.76. The molecule has 0 aliphatic carbocycles. The van der Waals surface area contributed by atoms with Gasteiger partial charge in [-0.3, -0.25) is 0 Å². The number of nitriles is 1. The van der Waals surface area contributed by atoms with E-state index >= 15 is 0 Å². The minimum atomic E-state index is -4.46. The fourth-order valence-electron chi connectivity index (χ4n) is 1.77. The fourth-order valence-corrected chi connectivity index (χ4v) is 1.77. The number of hydrogen-bond donors (Lipinski definition) is 2. The first-order chi connectivity index (χ1) is 10.5. The summed E-state index contributed by atoms with van der Waals surface area (Å²) < 4.78 is 38.3. The Balaban J connectivity index is 1.94. The SMILES string of the molecule is N#Cc1cccnc1NCCNc1ncccc1C(F)(F)F. The van der Waals surface area contributed by atoms with Crippen molar-refractivity contribution in [3.05, 3.63) is 47.8 Å². The maximum absolute atomic E-state index is 12.8. The molecular weight excluding hydrogens is 295 g/mol. The van der Waals surface area contributed by atoms with E-state index in [4.69, 9.17) is 5.26 Å². The smallest absolute Gasteiger partial charge is 0.368 e. The Morgan fingerprint density at radius 2 is 1.59 bits per heavy atom. The van der Waals surface area contributed by atoms with Gasteiger partial charge in [-0.1, -0.05) is 0 Å². The second-order valence-corrected chi connectivity index (χ2v) is 4.26. The molecule has 0 radical (unpaired) electrons. The molecule has 2 heterocycles. The highest BCUT2D eigenvalue weighted by atomic mass is 19.4. The van der Waals surface area contributed by atoms with Gasteiger partial charge in [0, 0.05) is 25.5 Å². The summed E-state index contributed by atoms with van der Waals surface area (Å²) in [5, 5.41) is 14.4. The van der Waals surface area contributed by atoms with E-state index in [-0.39, 0.29) is 12.4 Å². The van der Waals surface area contributed by atoms with Crippen LogP contribution in [-0.4, -0.2) is 23.1 Å². The maximum Gasteiger partial charge on any atom is 0.419 e. The van der Waals surface area contributed by atoms with Crippen LogP contribution in [0.4, 0.5) is 24.8 Å². The molecular formula is C14H12F3N5. The van der Waals surface area contributed by atoms with Crippen molar-refractivity contribution in [2.75, 3.05) is 23.7 Å². The maximum atomic E-state index is 12.8. The van der Waals surface area contributed by atoms with Gasteiger partial charge < -0.3 is 10.6 Å². The lowest BCUT2D eigenvalue weighted by Gasteiger charge is -2.13. The van der Waals surface area contributed by atoms with Gasteiger partial charge in [0.05, 0.1) is 11.1 Å². The summed E-state index contributed by atoms with van der Waals surface area (Å²) in [6, 6.07) is 7.41. The lowest BCUT2D eigenvalue weighted by molar-refractivity contribution is -0.137. The third-order valence-corrected chi connectivity index (χ3v) is 2.75. The highest BCUT2D eigenvalue weighted by molar-refractivity contribution is 5.51. The van der Waals surface area contributed by atoms with Crippen molar-refractivity contribution < 1.29 is 13.2 Å². The largest absolute Gasteiger partial charge is 0.419 e. The topological polar surface area (TPSA) is 73.6 Å². The third-order valence-electron chi connectivity index (χ3n) is 2.75. The van der Waals surface area contributed by atoms with E-state index in [0.717, 1.165) is 6.07 Å². The Morgan fingerprint density at radius 3 is 2.23 bits per heavy atom. The average molecular weight is 307 g/mol. The van der Waals surface area contributed by atoms with Crippen LogP contribution in [0, 0.1) is 11.3 Å². The Kier molecular flexibility index (Phi) is 4.78. The minimum absolute atomic E-state index is 0.196. The van der Waals surface area contributed by atoms with Crippen molar-refractivity contribution in [3.63, 3.8) is 0 Å². The van der Waals surface area contributed by atoms with Crippen LogP contribution in [0.1, 0.15) is 11.1 Å². The van der Waals surface area contributed by atoms with Gasteiger partial charge in [0.25, 0.3) is 0 Å². The van der Waals surface area contributed by atoms with Gasteiger partial charge in [0.15, 0.2) is 0 Å². The molecule has 8 heteroatoms. The van der Waals surface area contributed by atoms with E-state index in [2.05, 4.69) is 20.6 Å². The predicted octanol–water partition coefficient (Wildman–Crippen LogP) is 2.89. The Morgan fingerprint density at radius 1 is 1.00 bits per heavy atom. The van der Waals surface area contributed by atoms with Gasteiger partial charge >= 0.3 is 6.18 Å². The summed E-state index contributed by atoms with van der Waals surface area (Å²) in [6.45, 7) is 0.487. The zero-order valence-corrected chi connectivity index (χ0v) is 11.4. The van der Waals surface area contributed by atoms with Crippen LogP contribution in [0.25, 0.3) is 0 Å². The summed E-state index contributed by atoms with van der Waals surface area (Å²) in [6.07, 6.45) is -1.65. The van der Waals surface area contributed by atoms with Gasteiger partial charge in [-0.15, -0.1) is 0 Å². The number of rotatable bonds is 5. The molecule has 5 nitrogen and oxygen atoms in total. The normalized spacial score (nSPS) is 10.8. The first-order valence-corrected chi connectivity index (χ1v) is 6.37. The average Bonchev–Trinajstić information content (AvgIpc) is 2.51. The molecule has 2 aromatic heterocycles. The lowest BCUT2D eigenvalue weighted by Crippen LogP contribution is -2.18. The lowest BCUT2D eigenvalue weighted by atomic mass is 10.2. The van der Waals surface area contributed by atoms with E-state index in [9.17, 15) is 13.2 Å². The number of halogens is 3. The molecule has 0 amide bonds. The standard InChI is InChI=1S/C14H12F3N5/c15-14(16,17)11-4-2-6-20-13(11)22-8-7-21-12-10(9-18)3-1-5-19-12/h1-6H,7-8H2,(H,19,21)(H,20,22). The Bertz CT molecular complexity index is 679. The molecule has 22 heavy (non-hydrogen) atoms. The zero-order chi connectivity index (χ0) is 16.0. The molecule has 114 valence electrons. The highest BCUT2D eigenvalue weighted by Crippen LogP contribution is 2.33. The van der Waals surface area contributed by atoms with E-state index in [0.29, 0.717) is 17.9 Å². The fraction of sp³-hybridized carbons (Fsp3) is 0.214. The summed E-state index contributed by atoms with van der Waals surface area (Å²) >= 11 is 0. The van der Waals surface area contributed by atoms with Crippen LogP contribution in [-0.2, 0) is 6.18 Å². The second-order valence-electron chi connectivity index (χ2n) is 4.26. The molecule has 0 unspecified atom stereocenters. The summed E-state index contributed by atoms with van der Waals surface area (Å²) in [7, 11) is 0. The zero-order valence-electron chi connectivity index (χ0n) is 11.4. The number of anilines is 2. The highest BCUT2D eigenvalue weighted by Gasteiger charge is 2.33. The molecule has 0 bridgehead atoms. The number of nitrogens with one attached hydrogen (secondary N) is 2. The molecule has 0 aliphatic heterocycles. The molecule has 0 aliphatic rings. The van der Waals surface area contributed by atoms with Gasteiger partial charge in [0.2, 0.25) is 0 Å². The number of alkyl halides is 3. The molecule has 0 fully saturated rings. The molecule has 0 saturated heterocycles. The minimum Gasteiger partial charge on any atom is -0.368 e. The molecule has 0 aromatic carbocycles. The van der Waals surface area contributed by atoms with Crippen molar-refractivity contribution in [2.24, 2.45) is 0 Å². The number of hydrogen-bond acceptors (Lipinski definition) is 5. The molecule has 0 spiro atoms. The van der Waals surface area contributed by atoms with Gasteiger partial charge in [-0.25, -0.2) is 9.97 Å². The summed E-state index contributed by atoms with van der Waals surface area (Å²) in [5.74, 6) is 0.169. The summed E-state index contributed by atoms with van der Waals surface area (Å²) in [5.41, 5.74) is -0.443. The molecule has 0 saturated carbocycles. The van der Waals surface area contributed by atoms with Crippen LogP contribution in [0.5, 0.6) is 0 Å². The van der Waals surface area contributed by atoms with Gasteiger partial charge in [-0.2, -0.15) is 18.4 Å².